The third-order valence-electron chi connectivity index (χ3n) is 1.95. The molecule has 2 aromatic rings. The minimum atomic E-state index is 0.474. The maximum absolute atomic E-state index is 5.84. The van der Waals surface area contributed by atoms with E-state index in [1.165, 1.54) is 0 Å². The van der Waals surface area contributed by atoms with E-state index in [-0.39, 0.29) is 0 Å². The van der Waals surface area contributed by atoms with E-state index in [2.05, 4.69) is 52.8 Å². The number of hydrogen-bond donors (Lipinski definition) is 1. The van der Waals surface area contributed by atoms with Crippen molar-refractivity contribution in [3.63, 3.8) is 0 Å². The van der Waals surface area contributed by atoms with Crippen molar-refractivity contribution < 1.29 is 4.74 Å². The Morgan fingerprint density at radius 2 is 1.82 bits per heavy atom. The topological polar surface area (TPSA) is 48.1 Å². The molecule has 1 aromatic heterocycles. The summed E-state index contributed by atoms with van der Waals surface area (Å²) < 4.78 is 8.17. The fraction of sp³-hybridized carbons (Fsp3) is 0. The lowest BCUT2D eigenvalue weighted by Gasteiger charge is -2.09. The van der Waals surface area contributed by atoms with Crippen LogP contribution in [0.1, 0.15) is 0 Å². The molecule has 0 atom stereocenters. The van der Waals surface area contributed by atoms with Crippen LogP contribution in [-0.2, 0) is 0 Å². The van der Waals surface area contributed by atoms with Gasteiger partial charge >= 0.3 is 0 Å². The summed E-state index contributed by atoms with van der Waals surface area (Å²) in [6.07, 6.45) is 1.66. The number of pyridine rings is 1. The molecule has 0 saturated carbocycles. The summed E-state index contributed by atoms with van der Waals surface area (Å²) in [5.41, 5.74) is 6.39. The highest BCUT2D eigenvalue weighted by Crippen LogP contribution is 2.33. The molecule has 2 N–H and O–H groups in total. The standard InChI is InChI=1S/C11H7Br3N2O/c12-6-1-2-10(9(15)4-6)17-11-8(14)3-7(13)5-16-11/h1-5H,15H2. The zero-order valence-corrected chi connectivity index (χ0v) is 13.2. The Morgan fingerprint density at radius 1 is 1.06 bits per heavy atom. The first kappa shape index (κ1) is 12.9. The Kier molecular flexibility index (Phi) is 4.06. The van der Waals surface area contributed by atoms with Crippen molar-refractivity contribution in [1.82, 2.24) is 4.98 Å². The van der Waals surface area contributed by atoms with Gasteiger partial charge in [0.15, 0.2) is 5.75 Å². The van der Waals surface area contributed by atoms with Crippen LogP contribution in [0.2, 0.25) is 0 Å². The van der Waals surface area contributed by atoms with Crippen molar-refractivity contribution in [2.75, 3.05) is 5.73 Å². The summed E-state index contributed by atoms with van der Waals surface area (Å²) in [5, 5.41) is 0. The lowest BCUT2D eigenvalue weighted by Crippen LogP contribution is -1.94. The molecular formula is C11H7Br3N2O. The van der Waals surface area contributed by atoms with Crippen LogP contribution in [0.25, 0.3) is 0 Å². The normalized spacial score (nSPS) is 10.3. The van der Waals surface area contributed by atoms with E-state index in [0.717, 1.165) is 13.4 Å². The van der Waals surface area contributed by atoms with Gasteiger partial charge in [-0.2, -0.15) is 0 Å². The molecule has 0 radical (unpaired) electrons. The molecule has 0 amide bonds. The second-order valence-corrected chi connectivity index (χ2v) is 5.91. The maximum atomic E-state index is 5.84. The van der Waals surface area contributed by atoms with E-state index >= 15 is 0 Å². The fourth-order valence-electron chi connectivity index (χ4n) is 1.19. The molecular weight excluding hydrogens is 416 g/mol. The van der Waals surface area contributed by atoms with Crippen LogP contribution in [0, 0.1) is 0 Å². The lowest BCUT2D eigenvalue weighted by atomic mass is 10.3. The van der Waals surface area contributed by atoms with E-state index in [4.69, 9.17) is 10.5 Å². The number of aromatic nitrogens is 1. The monoisotopic (exact) mass is 420 g/mol. The number of nitrogen functional groups attached to an aromatic ring is 1. The number of rotatable bonds is 2. The number of hydrogen-bond acceptors (Lipinski definition) is 3. The van der Waals surface area contributed by atoms with Crippen LogP contribution in [0.5, 0.6) is 11.6 Å². The smallest absolute Gasteiger partial charge is 0.233 e. The second kappa shape index (κ2) is 5.37. The van der Waals surface area contributed by atoms with Crippen molar-refractivity contribution in [3.05, 3.63) is 43.9 Å². The van der Waals surface area contributed by atoms with Gasteiger partial charge in [0, 0.05) is 15.1 Å². The molecule has 0 unspecified atom stereocenters. The highest BCUT2D eigenvalue weighted by atomic mass is 79.9. The average Bonchev–Trinajstić information content (AvgIpc) is 2.25. The lowest BCUT2D eigenvalue weighted by molar-refractivity contribution is 0.461. The zero-order chi connectivity index (χ0) is 12.4. The van der Waals surface area contributed by atoms with Crippen molar-refractivity contribution >= 4 is 53.5 Å². The van der Waals surface area contributed by atoms with E-state index in [1.54, 1.807) is 18.3 Å². The van der Waals surface area contributed by atoms with Crippen LogP contribution in [0.3, 0.4) is 0 Å². The van der Waals surface area contributed by atoms with Gasteiger partial charge in [-0.15, -0.1) is 0 Å². The minimum Gasteiger partial charge on any atom is -0.436 e. The van der Waals surface area contributed by atoms with Gasteiger partial charge < -0.3 is 10.5 Å². The van der Waals surface area contributed by atoms with Crippen LogP contribution < -0.4 is 10.5 Å². The SMILES string of the molecule is Nc1cc(Br)ccc1Oc1ncc(Br)cc1Br. The molecule has 0 aliphatic rings. The number of nitrogens with two attached hydrogens (primary N) is 1. The Hall–Kier alpha value is -0.590. The minimum absolute atomic E-state index is 0.474. The molecule has 17 heavy (non-hydrogen) atoms. The predicted octanol–water partition coefficient (Wildman–Crippen LogP) is 4.74. The summed E-state index contributed by atoms with van der Waals surface area (Å²) >= 11 is 10.0. The molecule has 2 rings (SSSR count). The molecule has 0 saturated heterocycles. The number of anilines is 1. The van der Waals surface area contributed by atoms with E-state index < -0.39 is 0 Å². The van der Waals surface area contributed by atoms with Gasteiger partial charge in [0.1, 0.15) is 0 Å². The molecule has 6 heteroatoms. The molecule has 0 bridgehead atoms. The highest BCUT2D eigenvalue weighted by Gasteiger charge is 2.07. The van der Waals surface area contributed by atoms with Gasteiger partial charge in [0.2, 0.25) is 5.88 Å². The number of benzene rings is 1. The zero-order valence-electron chi connectivity index (χ0n) is 8.45. The average molecular weight is 423 g/mol. The Bertz CT molecular complexity index is 511. The molecule has 1 heterocycles. The fourth-order valence-corrected chi connectivity index (χ4v) is 2.64. The number of halogens is 3. The second-order valence-electron chi connectivity index (χ2n) is 3.22. The van der Waals surface area contributed by atoms with E-state index in [0.29, 0.717) is 17.3 Å². The summed E-state index contributed by atoms with van der Waals surface area (Å²) in [4.78, 5) is 4.15. The maximum Gasteiger partial charge on any atom is 0.233 e. The Balaban J connectivity index is 2.31. The molecule has 0 fully saturated rings. The first-order valence-corrected chi connectivity index (χ1v) is 6.98. The molecule has 3 nitrogen and oxygen atoms in total. The van der Waals surface area contributed by atoms with Crippen molar-refractivity contribution in [2.24, 2.45) is 0 Å². The number of nitrogens with zero attached hydrogens (tertiary/aromatic N) is 1. The molecule has 0 spiro atoms. The van der Waals surface area contributed by atoms with E-state index in [9.17, 15) is 0 Å². The Labute approximate surface area is 124 Å². The summed E-state index contributed by atoms with van der Waals surface area (Å²) in [5.74, 6) is 1.05. The van der Waals surface area contributed by atoms with Crippen molar-refractivity contribution in [3.8, 4) is 11.6 Å². The first-order valence-electron chi connectivity index (χ1n) is 4.60. The van der Waals surface area contributed by atoms with Gasteiger partial charge in [0.25, 0.3) is 0 Å². The molecule has 88 valence electrons. The predicted molar refractivity (Wildman–Crippen MR) is 78.3 cm³/mol. The van der Waals surface area contributed by atoms with Gasteiger partial charge in [-0.1, -0.05) is 15.9 Å². The molecule has 1 aromatic carbocycles. The van der Waals surface area contributed by atoms with Crippen LogP contribution >= 0.6 is 47.8 Å². The van der Waals surface area contributed by atoms with Gasteiger partial charge in [-0.3, -0.25) is 0 Å². The summed E-state index contributed by atoms with van der Waals surface area (Å²) in [6.45, 7) is 0. The van der Waals surface area contributed by atoms with Crippen molar-refractivity contribution in [1.29, 1.82) is 0 Å². The summed E-state index contributed by atoms with van der Waals surface area (Å²) in [7, 11) is 0. The molecule has 0 aliphatic heterocycles. The Morgan fingerprint density at radius 3 is 2.47 bits per heavy atom. The third kappa shape index (κ3) is 3.20. The highest BCUT2D eigenvalue weighted by molar-refractivity contribution is 9.11. The first-order chi connectivity index (χ1) is 8.06. The third-order valence-corrected chi connectivity index (χ3v) is 3.45. The molecule has 0 aliphatic carbocycles. The van der Waals surface area contributed by atoms with E-state index in [1.807, 2.05) is 12.1 Å². The largest absolute Gasteiger partial charge is 0.436 e. The van der Waals surface area contributed by atoms with Gasteiger partial charge in [-0.25, -0.2) is 4.98 Å². The quantitative estimate of drug-likeness (QED) is 0.711. The van der Waals surface area contributed by atoms with Gasteiger partial charge in [-0.05, 0) is 56.1 Å². The number of ether oxygens (including phenoxy) is 1. The van der Waals surface area contributed by atoms with Crippen LogP contribution in [-0.4, -0.2) is 4.98 Å². The van der Waals surface area contributed by atoms with Gasteiger partial charge in [0.05, 0.1) is 10.2 Å². The van der Waals surface area contributed by atoms with Crippen LogP contribution in [0.15, 0.2) is 43.9 Å². The summed E-state index contributed by atoms with van der Waals surface area (Å²) in [6, 6.07) is 7.29. The van der Waals surface area contributed by atoms with Crippen molar-refractivity contribution in [2.45, 2.75) is 0 Å². The van der Waals surface area contributed by atoms with Crippen LogP contribution in [0.4, 0.5) is 5.69 Å².